The third kappa shape index (κ3) is 3.60. The molecule has 3 nitrogen and oxygen atoms in total. The van der Waals surface area contributed by atoms with Crippen LogP contribution in [0.5, 0.6) is 0 Å². The lowest BCUT2D eigenvalue weighted by atomic mass is 9.79. The smallest absolute Gasteiger partial charge is 0.307 e. The molecule has 3 heteroatoms. The Hall–Kier alpha value is -1.35. The Balaban J connectivity index is 2.09. The molecule has 110 valence electrons. The minimum atomic E-state index is -0.705. The molecule has 0 bridgehead atoms. The fourth-order valence-electron chi connectivity index (χ4n) is 3.37. The third-order valence-electron chi connectivity index (χ3n) is 4.51. The summed E-state index contributed by atoms with van der Waals surface area (Å²) in [6.45, 7) is 2.42. The van der Waals surface area contributed by atoms with Gasteiger partial charge in [-0.1, -0.05) is 50.1 Å². The van der Waals surface area contributed by atoms with Crippen molar-refractivity contribution in [3.63, 3.8) is 0 Å². The summed E-state index contributed by atoms with van der Waals surface area (Å²) in [5.74, 6) is -0.474. The first-order valence-electron chi connectivity index (χ1n) is 7.57. The van der Waals surface area contributed by atoms with E-state index in [1.807, 2.05) is 0 Å². The van der Waals surface area contributed by atoms with Gasteiger partial charge in [-0.05, 0) is 31.4 Å². The van der Waals surface area contributed by atoms with E-state index in [1.165, 1.54) is 31.2 Å². The number of benzene rings is 1. The fraction of sp³-hybridized carbons (Fsp3) is 0.588. The Morgan fingerprint density at radius 2 is 1.95 bits per heavy atom. The summed E-state index contributed by atoms with van der Waals surface area (Å²) >= 11 is 0. The van der Waals surface area contributed by atoms with E-state index in [1.54, 1.807) is 6.92 Å². The topological polar surface area (TPSA) is 40.5 Å². The van der Waals surface area contributed by atoms with Gasteiger partial charge in [-0.15, -0.1) is 0 Å². The Kier molecular flexibility index (Phi) is 5.18. The van der Waals surface area contributed by atoms with Crippen LogP contribution < -0.4 is 0 Å². The van der Waals surface area contributed by atoms with Gasteiger partial charge in [0.25, 0.3) is 0 Å². The number of carbonyl (C=O) groups is 1. The predicted octanol–water partition coefficient (Wildman–Crippen LogP) is 3.37. The molecule has 1 aliphatic rings. The van der Waals surface area contributed by atoms with Crippen molar-refractivity contribution in [1.82, 2.24) is 4.90 Å². The standard InChI is InChI=1S/C17H25NO2/c1-13(17(19)20)12-18(2)16-11-7-6-10-15(16)14-8-4-3-5-9-14/h3-5,8-9,13,15-16H,6-7,10-12H2,1-2H3,(H,19,20). The molecule has 20 heavy (non-hydrogen) atoms. The number of likely N-dealkylation sites (N-methyl/N-ethyl adjacent to an activating group) is 1. The van der Waals surface area contributed by atoms with E-state index in [0.717, 1.165) is 0 Å². The summed E-state index contributed by atoms with van der Waals surface area (Å²) in [4.78, 5) is 13.3. The maximum absolute atomic E-state index is 11.0. The zero-order chi connectivity index (χ0) is 14.5. The van der Waals surface area contributed by atoms with Crippen LogP contribution in [0, 0.1) is 5.92 Å². The molecule has 1 fully saturated rings. The summed E-state index contributed by atoms with van der Waals surface area (Å²) in [5, 5.41) is 9.09. The van der Waals surface area contributed by atoms with Gasteiger partial charge in [0.05, 0.1) is 5.92 Å². The maximum Gasteiger partial charge on any atom is 0.307 e. The number of rotatable bonds is 5. The van der Waals surface area contributed by atoms with Crippen LogP contribution in [0.1, 0.15) is 44.1 Å². The van der Waals surface area contributed by atoms with E-state index in [2.05, 4.69) is 42.3 Å². The first-order valence-corrected chi connectivity index (χ1v) is 7.57. The Bertz CT molecular complexity index is 432. The number of hydrogen-bond donors (Lipinski definition) is 1. The summed E-state index contributed by atoms with van der Waals surface area (Å²) in [7, 11) is 2.07. The molecule has 0 aromatic heterocycles. The molecule has 1 N–H and O–H groups in total. The molecule has 1 saturated carbocycles. The predicted molar refractivity (Wildman–Crippen MR) is 80.9 cm³/mol. The molecule has 2 rings (SSSR count). The Labute approximate surface area is 121 Å². The van der Waals surface area contributed by atoms with Gasteiger partial charge in [0, 0.05) is 12.6 Å². The van der Waals surface area contributed by atoms with E-state index >= 15 is 0 Å². The molecule has 0 spiro atoms. The van der Waals surface area contributed by atoms with Crippen LogP contribution in [0.3, 0.4) is 0 Å². The molecule has 0 heterocycles. The van der Waals surface area contributed by atoms with Gasteiger partial charge in [-0.25, -0.2) is 0 Å². The number of carboxylic acid groups (broad SMARTS) is 1. The van der Waals surface area contributed by atoms with Gasteiger partial charge in [0.15, 0.2) is 0 Å². The van der Waals surface area contributed by atoms with Gasteiger partial charge >= 0.3 is 5.97 Å². The second kappa shape index (κ2) is 6.89. The number of nitrogens with zero attached hydrogens (tertiary/aromatic N) is 1. The summed E-state index contributed by atoms with van der Waals surface area (Å²) < 4.78 is 0. The van der Waals surface area contributed by atoms with Gasteiger partial charge in [-0.3, -0.25) is 4.79 Å². The molecular formula is C17H25NO2. The van der Waals surface area contributed by atoms with Crippen LogP contribution in [-0.2, 0) is 4.79 Å². The first-order chi connectivity index (χ1) is 9.59. The van der Waals surface area contributed by atoms with Crippen molar-refractivity contribution in [1.29, 1.82) is 0 Å². The van der Waals surface area contributed by atoms with E-state index in [0.29, 0.717) is 18.5 Å². The molecule has 1 aromatic rings. The molecule has 1 aromatic carbocycles. The van der Waals surface area contributed by atoms with Crippen molar-refractivity contribution in [2.24, 2.45) is 5.92 Å². The van der Waals surface area contributed by atoms with Gasteiger partial charge in [0.1, 0.15) is 0 Å². The zero-order valence-corrected chi connectivity index (χ0v) is 12.5. The highest BCUT2D eigenvalue weighted by atomic mass is 16.4. The van der Waals surface area contributed by atoms with E-state index < -0.39 is 5.97 Å². The SMILES string of the molecule is CC(CN(C)C1CCCCC1c1ccccc1)C(=O)O. The molecule has 0 saturated heterocycles. The fourth-order valence-corrected chi connectivity index (χ4v) is 3.37. The van der Waals surface area contributed by atoms with Crippen LogP contribution in [0.25, 0.3) is 0 Å². The van der Waals surface area contributed by atoms with E-state index in [4.69, 9.17) is 5.11 Å². The van der Waals surface area contributed by atoms with Crippen LogP contribution in [-0.4, -0.2) is 35.6 Å². The summed E-state index contributed by atoms with van der Waals surface area (Å²) in [5.41, 5.74) is 1.40. The largest absolute Gasteiger partial charge is 0.481 e. The number of aliphatic carboxylic acids is 1. The average molecular weight is 275 g/mol. The molecule has 1 aliphatic carbocycles. The number of carboxylic acids is 1. The Morgan fingerprint density at radius 3 is 2.60 bits per heavy atom. The normalized spacial score (nSPS) is 24.6. The lowest BCUT2D eigenvalue weighted by molar-refractivity contribution is -0.141. The van der Waals surface area contributed by atoms with Gasteiger partial charge in [-0.2, -0.15) is 0 Å². The zero-order valence-electron chi connectivity index (χ0n) is 12.5. The molecule has 3 atom stereocenters. The van der Waals surface area contributed by atoms with Crippen molar-refractivity contribution >= 4 is 5.97 Å². The lowest BCUT2D eigenvalue weighted by Crippen LogP contribution is -2.42. The highest BCUT2D eigenvalue weighted by molar-refractivity contribution is 5.69. The lowest BCUT2D eigenvalue weighted by Gasteiger charge is -2.39. The summed E-state index contributed by atoms with van der Waals surface area (Å²) in [6, 6.07) is 11.1. The Morgan fingerprint density at radius 1 is 1.30 bits per heavy atom. The molecular weight excluding hydrogens is 250 g/mol. The first kappa shape index (κ1) is 15.0. The van der Waals surface area contributed by atoms with Crippen molar-refractivity contribution in [3.8, 4) is 0 Å². The van der Waals surface area contributed by atoms with Crippen LogP contribution >= 0.6 is 0 Å². The van der Waals surface area contributed by atoms with Gasteiger partial charge < -0.3 is 10.0 Å². The molecule has 0 amide bonds. The monoisotopic (exact) mass is 275 g/mol. The van der Waals surface area contributed by atoms with Crippen molar-refractivity contribution in [2.45, 2.75) is 44.6 Å². The summed E-state index contributed by atoms with van der Waals surface area (Å²) in [6.07, 6.45) is 4.90. The van der Waals surface area contributed by atoms with Crippen LogP contribution in [0.2, 0.25) is 0 Å². The maximum atomic E-state index is 11.0. The van der Waals surface area contributed by atoms with Crippen LogP contribution in [0.4, 0.5) is 0 Å². The van der Waals surface area contributed by atoms with Crippen LogP contribution in [0.15, 0.2) is 30.3 Å². The van der Waals surface area contributed by atoms with Crippen molar-refractivity contribution in [3.05, 3.63) is 35.9 Å². The van der Waals surface area contributed by atoms with Crippen molar-refractivity contribution in [2.75, 3.05) is 13.6 Å². The molecule has 0 radical (unpaired) electrons. The molecule has 3 unspecified atom stereocenters. The minimum absolute atomic E-state index is 0.307. The average Bonchev–Trinajstić information content (AvgIpc) is 2.48. The highest BCUT2D eigenvalue weighted by Crippen LogP contribution is 2.35. The van der Waals surface area contributed by atoms with E-state index in [9.17, 15) is 4.79 Å². The quantitative estimate of drug-likeness (QED) is 0.895. The van der Waals surface area contributed by atoms with Crippen molar-refractivity contribution < 1.29 is 9.90 Å². The van der Waals surface area contributed by atoms with Gasteiger partial charge in [0.2, 0.25) is 0 Å². The number of hydrogen-bond acceptors (Lipinski definition) is 2. The molecule has 0 aliphatic heterocycles. The third-order valence-corrected chi connectivity index (χ3v) is 4.51. The second-order valence-electron chi connectivity index (χ2n) is 6.05. The highest BCUT2D eigenvalue weighted by Gasteiger charge is 2.30. The minimum Gasteiger partial charge on any atom is -0.481 e. The second-order valence-corrected chi connectivity index (χ2v) is 6.05. The van der Waals surface area contributed by atoms with E-state index in [-0.39, 0.29) is 5.92 Å².